The minimum absolute atomic E-state index is 0.847. The van der Waals surface area contributed by atoms with Crippen LogP contribution in [0.2, 0.25) is 0 Å². The van der Waals surface area contributed by atoms with Crippen molar-refractivity contribution in [2.75, 3.05) is 4.90 Å². The van der Waals surface area contributed by atoms with Crippen LogP contribution in [0.1, 0.15) is 0 Å². The number of fused-ring (bicyclic) bond motifs is 11. The first-order chi connectivity index (χ1) is 28.2. The van der Waals surface area contributed by atoms with Gasteiger partial charge in [-0.25, -0.2) is 0 Å². The lowest BCUT2D eigenvalue weighted by Crippen LogP contribution is -2.09. The zero-order valence-corrected chi connectivity index (χ0v) is 30.7. The lowest BCUT2D eigenvalue weighted by atomic mass is 9.99. The van der Waals surface area contributed by atoms with Crippen LogP contribution in [0, 0.1) is 0 Å². The highest BCUT2D eigenvalue weighted by Crippen LogP contribution is 2.43. The Hall–Kier alpha value is -7.69. The highest BCUT2D eigenvalue weighted by Gasteiger charge is 2.19. The largest absolute Gasteiger partial charge is 0.455 e. The van der Waals surface area contributed by atoms with Gasteiger partial charge in [0, 0.05) is 73.1 Å². The van der Waals surface area contributed by atoms with Gasteiger partial charge >= 0.3 is 0 Å². The average Bonchev–Trinajstić information content (AvgIpc) is 3.85. The number of aromatic nitrogens is 1. The lowest BCUT2D eigenvalue weighted by Gasteiger charge is -2.25. The topological polar surface area (TPSA) is 42.4 Å². The summed E-state index contributed by atoms with van der Waals surface area (Å²) in [4.78, 5) is 6.77. The molecule has 57 heavy (non-hydrogen) atoms. The van der Waals surface area contributed by atoms with Gasteiger partial charge in [-0.2, -0.15) is 0 Å². The van der Waals surface area contributed by atoms with Crippen molar-refractivity contribution in [3.8, 4) is 22.3 Å². The molecule has 3 heterocycles. The van der Waals surface area contributed by atoms with Gasteiger partial charge in [-0.1, -0.05) is 109 Å². The minimum atomic E-state index is 0.847. The summed E-state index contributed by atoms with van der Waals surface area (Å²) >= 11 is 0. The molecule has 0 atom stereocenters. The molecule has 0 fully saturated rings. The zero-order chi connectivity index (χ0) is 37.5. The first-order valence-corrected chi connectivity index (χ1v) is 19.3. The lowest BCUT2D eigenvalue weighted by molar-refractivity contribution is 0.672. The van der Waals surface area contributed by atoms with Gasteiger partial charge in [0.2, 0.25) is 0 Å². The molecular formula is C53H32N2O2. The maximum Gasteiger partial charge on any atom is 0.143 e. The SMILES string of the molecule is c1cnc2ccc(-c3ccc(-c4ccc(N(c5ccc6c(c5)oc5c7ccccc7ccc65)c5ccc6c(c5)oc5c7ccccc7ccc65)cc4)cc3)cc2c1. The van der Waals surface area contributed by atoms with Crippen LogP contribution in [0.5, 0.6) is 0 Å². The summed E-state index contributed by atoms with van der Waals surface area (Å²) in [5, 5.41) is 10.1. The van der Waals surface area contributed by atoms with E-state index in [0.717, 1.165) is 93.7 Å². The van der Waals surface area contributed by atoms with Gasteiger partial charge < -0.3 is 13.7 Å². The Morgan fingerprint density at radius 1 is 0.333 bits per heavy atom. The summed E-state index contributed by atoms with van der Waals surface area (Å²) in [7, 11) is 0. The molecule has 0 amide bonds. The molecule has 3 aromatic heterocycles. The predicted octanol–water partition coefficient (Wildman–Crippen LogP) is 15.1. The fourth-order valence-corrected chi connectivity index (χ4v) is 8.62. The van der Waals surface area contributed by atoms with Gasteiger partial charge in [0.15, 0.2) is 0 Å². The summed E-state index contributed by atoms with van der Waals surface area (Å²) in [5.74, 6) is 0. The molecule has 0 aliphatic carbocycles. The molecule has 4 heteroatoms. The molecule has 0 radical (unpaired) electrons. The molecule has 266 valence electrons. The Labute approximate surface area is 327 Å². The van der Waals surface area contributed by atoms with Crippen molar-refractivity contribution >= 4 is 93.4 Å². The molecule has 0 saturated carbocycles. The minimum Gasteiger partial charge on any atom is -0.455 e. The average molecular weight is 729 g/mol. The number of pyridine rings is 1. The van der Waals surface area contributed by atoms with Crippen LogP contribution in [0.4, 0.5) is 17.1 Å². The van der Waals surface area contributed by atoms with E-state index in [9.17, 15) is 0 Å². The fraction of sp³-hybridized carbons (Fsp3) is 0. The van der Waals surface area contributed by atoms with E-state index >= 15 is 0 Å². The number of furan rings is 2. The molecule has 0 spiro atoms. The van der Waals surface area contributed by atoms with E-state index in [1.807, 2.05) is 12.3 Å². The van der Waals surface area contributed by atoms with Gasteiger partial charge in [0.1, 0.15) is 22.3 Å². The van der Waals surface area contributed by atoms with Gasteiger partial charge in [-0.3, -0.25) is 4.98 Å². The van der Waals surface area contributed by atoms with Crippen molar-refractivity contribution in [3.05, 3.63) is 194 Å². The van der Waals surface area contributed by atoms with E-state index in [2.05, 4.69) is 192 Å². The Bertz CT molecular complexity index is 3370. The highest BCUT2D eigenvalue weighted by atomic mass is 16.3. The predicted molar refractivity (Wildman–Crippen MR) is 237 cm³/mol. The summed E-state index contributed by atoms with van der Waals surface area (Å²) < 4.78 is 13.3. The molecule has 9 aromatic carbocycles. The summed E-state index contributed by atoms with van der Waals surface area (Å²) in [6.07, 6.45) is 1.84. The van der Waals surface area contributed by atoms with Crippen molar-refractivity contribution in [3.63, 3.8) is 0 Å². The molecule has 4 nitrogen and oxygen atoms in total. The fourth-order valence-electron chi connectivity index (χ4n) is 8.62. The third kappa shape index (κ3) is 5.12. The summed E-state index contributed by atoms with van der Waals surface area (Å²) in [5.41, 5.74) is 12.2. The van der Waals surface area contributed by atoms with Crippen molar-refractivity contribution < 1.29 is 8.83 Å². The van der Waals surface area contributed by atoms with E-state index in [0.29, 0.717) is 0 Å². The molecule has 0 unspecified atom stereocenters. The Balaban J connectivity index is 0.967. The number of hydrogen-bond donors (Lipinski definition) is 0. The molecule has 0 saturated heterocycles. The molecule has 0 N–H and O–H groups in total. The quantitative estimate of drug-likeness (QED) is 0.177. The van der Waals surface area contributed by atoms with Crippen molar-refractivity contribution in [1.29, 1.82) is 0 Å². The van der Waals surface area contributed by atoms with Crippen molar-refractivity contribution in [1.82, 2.24) is 4.98 Å². The standard InChI is InChI=1S/C53H32N2O2/c1-3-9-43-36(6-1)17-24-47-45-26-22-41(31-50(45)56-52(43)47)55(42-23-27-46-48-25-18-37-7-2-4-10-44(37)53(48)57-51(46)32-42)40-20-15-34(16-21-40)33-11-13-35(14-12-33)38-19-28-49-39(30-38)8-5-29-54-49/h1-32H. The Kier molecular flexibility index (Phi) is 6.89. The second-order valence-corrected chi connectivity index (χ2v) is 14.8. The normalized spacial score (nSPS) is 11.9. The molecule has 12 aromatic rings. The van der Waals surface area contributed by atoms with Crippen LogP contribution >= 0.6 is 0 Å². The van der Waals surface area contributed by atoms with E-state index in [1.54, 1.807) is 0 Å². The van der Waals surface area contributed by atoms with Gasteiger partial charge in [-0.05, 0) is 99.8 Å². The Morgan fingerprint density at radius 2 is 0.807 bits per heavy atom. The Morgan fingerprint density at radius 3 is 1.40 bits per heavy atom. The van der Waals surface area contributed by atoms with Crippen LogP contribution in [0.25, 0.3) is 98.6 Å². The molecule has 12 rings (SSSR count). The van der Waals surface area contributed by atoms with Crippen molar-refractivity contribution in [2.24, 2.45) is 0 Å². The smallest absolute Gasteiger partial charge is 0.143 e. The van der Waals surface area contributed by atoms with E-state index in [4.69, 9.17) is 8.83 Å². The van der Waals surface area contributed by atoms with Crippen LogP contribution < -0.4 is 4.90 Å². The van der Waals surface area contributed by atoms with Crippen molar-refractivity contribution in [2.45, 2.75) is 0 Å². The first-order valence-electron chi connectivity index (χ1n) is 19.3. The molecule has 0 aliphatic rings. The number of benzene rings is 9. The number of hydrogen-bond acceptors (Lipinski definition) is 4. The third-order valence-corrected chi connectivity index (χ3v) is 11.5. The highest BCUT2D eigenvalue weighted by molar-refractivity contribution is 6.17. The zero-order valence-electron chi connectivity index (χ0n) is 30.7. The van der Waals surface area contributed by atoms with Crippen LogP contribution in [-0.2, 0) is 0 Å². The third-order valence-electron chi connectivity index (χ3n) is 11.5. The van der Waals surface area contributed by atoms with Gasteiger partial charge in [0.25, 0.3) is 0 Å². The van der Waals surface area contributed by atoms with E-state index < -0.39 is 0 Å². The molecule has 0 aliphatic heterocycles. The van der Waals surface area contributed by atoms with Gasteiger partial charge in [0.05, 0.1) is 5.52 Å². The molecule has 0 bridgehead atoms. The number of anilines is 3. The van der Waals surface area contributed by atoms with Crippen LogP contribution in [-0.4, -0.2) is 4.98 Å². The second-order valence-electron chi connectivity index (χ2n) is 14.8. The van der Waals surface area contributed by atoms with E-state index in [-0.39, 0.29) is 0 Å². The van der Waals surface area contributed by atoms with E-state index in [1.165, 1.54) is 21.9 Å². The number of nitrogens with zero attached hydrogens (tertiary/aromatic N) is 2. The molecular weight excluding hydrogens is 697 g/mol. The van der Waals surface area contributed by atoms with Crippen LogP contribution in [0.15, 0.2) is 203 Å². The summed E-state index contributed by atoms with van der Waals surface area (Å²) in [6.45, 7) is 0. The van der Waals surface area contributed by atoms with Crippen LogP contribution in [0.3, 0.4) is 0 Å². The monoisotopic (exact) mass is 728 g/mol. The maximum absolute atomic E-state index is 6.67. The summed E-state index contributed by atoms with van der Waals surface area (Å²) in [6, 6.07) is 66.7. The van der Waals surface area contributed by atoms with Gasteiger partial charge in [-0.15, -0.1) is 0 Å². The maximum atomic E-state index is 6.67. The first kappa shape index (κ1) is 31.6. The number of rotatable bonds is 5. The second kappa shape index (κ2) is 12.4.